The van der Waals surface area contributed by atoms with Crippen LogP contribution >= 0.6 is 0 Å². The van der Waals surface area contributed by atoms with Gasteiger partial charge in [-0.05, 0) is 76.0 Å². The zero-order chi connectivity index (χ0) is 42.3. The van der Waals surface area contributed by atoms with E-state index in [1.165, 1.54) is 25.1 Å². The lowest BCUT2D eigenvalue weighted by atomic mass is 9.97. The van der Waals surface area contributed by atoms with Crippen molar-refractivity contribution in [3.8, 4) is 39.8 Å². The number of anilines is 2. The Morgan fingerprint density at radius 2 is 1.29 bits per heavy atom. The lowest BCUT2D eigenvalue weighted by Crippen LogP contribution is -2.33. The summed E-state index contributed by atoms with van der Waals surface area (Å²) in [5, 5.41) is 24.4. The molecule has 0 aliphatic rings. The molecule has 6 aromatic rings. The maximum absolute atomic E-state index is 15.7. The monoisotopic (exact) mass is 842 g/mol. The number of sulfonamides is 1. The van der Waals surface area contributed by atoms with Gasteiger partial charge in [0.15, 0.2) is 9.84 Å². The summed E-state index contributed by atoms with van der Waals surface area (Å²) in [7, 11) is -4.94. The number of carbonyl (C=O) groups is 1. The largest absolute Gasteiger partial charge is 0.497 e. The quantitative estimate of drug-likeness (QED) is 0.0912. The number of nitrogen functional groups attached to an aromatic ring is 2. The topological polar surface area (TPSA) is 244 Å². The first-order chi connectivity index (χ1) is 28.2. The highest BCUT2D eigenvalue weighted by Gasteiger charge is 2.38. The highest BCUT2D eigenvalue weighted by Crippen LogP contribution is 2.44. The second-order valence-corrected chi connectivity index (χ2v) is 17.1. The second-order valence-electron chi connectivity index (χ2n) is 13.1. The van der Waals surface area contributed by atoms with Crippen LogP contribution in [0.1, 0.15) is 16.7 Å². The van der Waals surface area contributed by atoms with Crippen molar-refractivity contribution < 1.29 is 40.9 Å². The fourth-order valence-corrected chi connectivity index (χ4v) is 9.89. The van der Waals surface area contributed by atoms with Gasteiger partial charge in [-0.25, -0.2) is 21.6 Å². The van der Waals surface area contributed by atoms with E-state index in [0.717, 1.165) is 15.9 Å². The van der Waals surface area contributed by atoms with Crippen LogP contribution in [0.15, 0.2) is 113 Å². The number of rotatable bonds is 17. The predicted octanol–water partition coefficient (Wildman–Crippen LogP) is 4.68. The number of nitrogens with one attached hydrogen (secondary N) is 1. The number of hydrogen-bond acceptors (Lipinski definition) is 13. The Morgan fingerprint density at radius 1 is 0.746 bits per heavy atom. The summed E-state index contributed by atoms with van der Waals surface area (Å²) in [5.41, 5.74) is 15.1. The summed E-state index contributed by atoms with van der Waals surface area (Å²) in [4.78, 5) is 11.3. The standard InChI is InChI=1S/C40H42N8O9S2/c1-55-29-13-7-26(8-14-29)23-47(24-27-9-15-30(56-2)16-10-27)59(53,54)38-35(58(51,52)22-21-43-40(49)50)20-19-32(33-5-4-6-34(41)37(33)42)36(38)39-44-46-48(45-39)25-28-11-17-31(57-3)18-12-28/h4-20,43H,21-25,41-42H2,1-3H3,(H,49,50). The molecule has 5 aromatic carbocycles. The molecule has 0 bridgehead atoms. The van der Waals surface area contributed by atoms with E-state index in [2.05, 4.69) is 15.4 Å². The molecule has 0 fully saturated rings. The third-order valence-corrected chi connectivity index (χ3v) is 13.1. The molecular weight excluding hydrogens is 801 g/mol. The first kappa shape index (κ1) is 41.9. The molecule has 0 radical (unpaired) electrons. The molecule has 17 nitrogen and oxygen atoms in total. The number of nitrogens with zero attached hydrogens (tertiary/aromatic N) is 5. The van der Waals surface area contributed by atoms with Gasteiger partial charge < -0.3 is 36.1 Å². The number of nitrogens with two attached hydrogens (primary N) is 2. The van der Waals surface area contributed by atoms with Crippen molar-refractivity contribution in [2.24, 2.45) is 0 Å². The molecule has 0 atom stereocenters. The van der Waals surface area contributed by atoms with Crippen LogP contribution in [0.3, 0.4) is 0 Å². The maximum Gasteiger partial charge on any atom is 0.404 e. The molecule has 6 rings (SSSR count). The third kappa shape index (κ3) is 9.54. The van der Waals surface area contributed by atoms with Crippen LogP contribution in [0.4, 0.5) is 16.2 Å². The number of aromatic nitrogens is 4. The number of ether oxygens (including phenoxy) is 3. The lowest BCUT2D eigenvalue weighted by molar-refractivity contribution is 0.195. The van der Waals surface area contributed by atoms with Gasteiger partial charge >= 0.3 is 6.09 Å². The van der Waals surface area contributed by atoms with E-state index in [1.54, 1.807) is 98.1 Å². The van der Waals surface area contributed by atoms with Crippen molar-refractivity contribution in [1.82, 2.24) is 29.8 Å². The first-order valence-corrected chi connectivity index (χ1v) is 21.0. The molecule has 19 heteroatoms. The number of tetrazole rings is 1. The van der Waals surface area contributed by atoms with Gasteiger partial charge in [0.25, 0.3) is 0 Å². The van der Waals surface area contributed by atoms with Crippen LogP contribution in [-0.2, 0) is 39.5 Å². The Bertz CT molecular complexity index is 2610. The number of hydrogen-bond donors (Lipinski definition) is 4. The van der Waals surface area contributed by atoms with Gasteiger partial charge in [-0.2, -0.15) is 9.10 Å². The Kier molecular flexibility index (Phi) is 12.7. The van der Waals surface area contributed by atoms with Crippen LogP contribution in [0, 0.1) is 0 Å². The zero-order valence-corrected chi connectivity index (χ0v) is 33.9. The van der Waals surface area contributed by atoms with Crippen LogP contribution in [-0.4, -0.2) is 86.2 Å². The molecule has 0 saturated heterocycles. The summed E-state index contributed by atoms with van der Waals surface area (Å²) in [5.74, 6) is 0.699. The average Bonchev–Trinajstić information content (AvgIpc) is 3.69. The molecule has 0 saturated carbocycles. The molecule has 1 aromatic heterocycles. The van der Waals surface area contributed by atoms with E-state index >= 15 is 8.42 Å². The van der Waals surface area contributed by atoms with Gasteiger partial charge in [-0.3, -0.25) is 0 Å². The highest BCUT2D eigenvalue weighted by molar-refractivity contribution is 7.93. The van der Waals surface area contributed by atoms with Crippen molar-refractivity contribution in [2.75, 3.05) is 45.1 Å². The SMILES string of the molecule is COc1ccc(CN(Cc2ccc(OC)cc2)S(=O)(=O)c2c(S(=O)(=O)CCNC(=O)O)ccc(-c3cccc(N)c3N)c2-c2nnn(Cc3ccc(OC)cc3)n2)cc1. The molecule has 0 aliphatic carbocycles. The van der Waals surface area contributed by atoms with E-state index in [9.17, 15) is 18.3 Å². The van der Waals surface area contributed by atoms with Crippen LogP contribution in [0.5, 0.6) is 17.2 Å². The molecule has 59 heavy (non-hydrogen) atoms. The van der Waals surface area contributed by atoms with Crippen LogP contribution < -0.4 is 31.0 Å². The zero-order valence-electron chi connectivity index (χ0n) is 32.3. The van der Waals surface area contributed by atoms with E-state index < -0.39 is 48.0 Å². The smallest absolute Gasteiger partial charge is 0.404 e. The molecule has 6 N–H and O–H groups in total. The van der Waals surface area contributed by atoms with E-state index in [-0.39, 0.29) is 53.5 Å². The van der Waals surface area contributed by atoms with Gasteiger partial charge in [0.1, 0.15) is 22.1 Å². The summed E-state index contributed by atoms with van der Waals surface area (Å²) in [6.07, 6.45) is -1.45. The Balaban J connectivity index is 1.63. The predicted molar refractivity (Wildman–Crippen MR) is 220 cm³/mol. The molecule has 1 heterocycles. The van der Waals surface area contributed by atoms with Crippen molar-refractivity contribution in [3.63, 3.8) is 0 Å². The van der Waals surface area contributed by atoms with Crippen molar-refractivity contribution >= 4 is 37.3 Å². The number of sulfone groups is 1. The van der Waals surface area contributed by atoms with Gasteiger partial charge in [0, 0.05) is 25.2 Å². The average molecular weight is 843 g/mol. The minimum absolute atomic E-state index is 0.0947. The van der Waals surface area contributed by atoms with E-state index in [0.29, 0.717) is 28.4 Å². The van der Waals surface area contributed by atoms with Gasteiger partial charge in [-0.15, -0.1) is 10.2 Å². The van der Waals surface area contributed by atoms with Crippen molar-refractivity contribution in [1.29, 1.82) is 0 Å². The van der Waals surface area contributed by atoms with Crippen LogP contribution in [0.2, 0.25) is 0 Å². The molecule has 0 spiro atoms. The molecule has 0 unspecified atom stereocenters. The Hall–Kier alpha value is -6.70. The molecule has 308 valence electrons. The first-order valence-electron chi connectivity index (χ1n) is 17.9. The minimum atomic E-state index is -4.92. The summed E-state index contributed by atoms with van der Waals surface area (Å²) < 4.78 is 77.1. The number of benzene rings is 5. The second kappa shape index (κ2) is 17.8. The fraction of sp³-hybridized carbons (Fsp3) is 0.200. The van der Waals surface area contributed by atoms with Crippen molar-refractivity contribution in [2.45, 2.75) is 29.4 Å². The van der Waals surface area contributed by atoms with Crippen molar-refractivity contribution in [3.05, 3.63) is 120 Å². The van der Waals surface area contributed by atoms with Gasteiger partial charge in [-0.1, -0.05) is 54.6 Å². The molecule has 1 amide bonds. The normalized spacial score (nSPS) is 11.7. The van der Waals surface area contributed by atoms with Gasteiger partial charge in [0.2, 0.25) is 15.8 Å². The Labute approximate surface area is 341 Å². The van der Waals surface area contributed by atoms with Crippen LogP contribution in [0.25, 0.3) is 22.5 Å². The molecule has 0 aliphatic heterocycles. The fourth-order valence-electron chi connectivity index (χ4n) is 6.26. The summed E-state index contributed by atoms with van der Waals surface area (Å²) >= 11 is 0. The minimum Gasteiger partial charge on any atom is -0.497 e. The highest BCUT2D eigenvalue weighted by atomic mass is 32.2. The van der Waals surface area contributed by atoms with Gasteiger partial charge in [0.05, 0.1) is 55.5 Å². The number of carboxylic acid groups (broad SMARTS) is 1. The number of para-hydroxylation sites is 1. The molecular formula is C40H42N8O9S2. The summed E-state index contributed by atoms with van der Waals surface area (Å²) in [6, 6.07) is 28.0. The third-order valence-electron chi connectivity index (χ3n) is 9.33. The van der Waals surface area contributed by atoms with E-state index in [4.69, 9.17) is 25.7 Å². The number of amides is 1. The van der Waals surface area contributed by atoms with E-state index in [1.807, 2.05) is 5.32 Å². The Morgan fingerprint density at radius 3 is 1.81 bits per heavy atom. The lowest BCUT2D eigenvalue weighted by Gasteiger charge is -2.26. The number of methoxy groups -OCH3 is 3. The maximum atomic E-state index is 15.7. The summed E-state index contributed by atoms with van der Waals surface area (Å²) in [6.45, 7) is -0.872.